The van der Waals surface area contributed by atoms with Gasteiger partial charge in [0.1, 0.15) is 0 Å². The highest BCUT2D eigenvalue weighted by molar-refractivity contribution is 8.01. The number of thioether (sulfide) groups is 1. The molecule has 0 bridgehead atoms. The number of benzene rings is 2. The number of amides is 2. The number of para-hydroxylation sites is 1. The zero-order chi connectivity index (χ0) is 16.5. The third-order valence-electron chi connectivity index (χ3n) is 3.80. The van der Waals surface area contributed by atoms with E-state index in [0.717, 1.165) is 21.5 Å². The number of aromatic nitrogens is 2. The Balaban J connectivity index is 1.45. The van der Waals surface area contributed by atoms with E-state index in [2.05, 4.69) is 20.8 Å². The molecule has 0 radical (unpaired) electrons. The average molecular weight is 338 g/mol. The predicted molar refractivity (Wildman–Crippen MR) is 94.1 cm³/mol. The van der Waals surface area contributed by atoms with E-state index in [9.17, 15) is 9.59 Å². The summed E-state index contributed by atoms with van der Waals surface area (Å²) in [6, 6.07) is 13.1. The fraction of sp³-hybridized carbons (Fsp3) is 0.118. The molecule has 1 aliphatic rings. The highest BCUT2D eigenvalue weighted by Gasteiger charge is 2.28. The molecule has 2 aromatic carbocycles. The van der Waals surface area contributed by atoms with Crippen LogP contribution in [0, 0.1) is 0 Å². The molecule has 0 spiro atoms. The van der Waals surface area contributed by atoms with Crippen molar-refractivity contribution in [2.45, 2.75) is 16.6 Å². The number of carbonyl (C=O) groups is 2. The van der Waals surface area contributed by atoms with Gasteiger partial charge in [0.15, 0.2) is 0 Å². The number of hydrogen-bond acceptors (Lipinski definition) is 4. The first-order chi connectivity index (χ1) is 11.7. The third kappa shape index (κ3) is 2.85. The van der Waals surface area contributed by atoms with E-state index >= 15 is 0 Å². The van der Waals surface area contributed by atoms with Crippen LogP contribution in [0.4, 0.5) is 11.4 Å². The van der Waals surface area contributed by atoms with E-state index in [4.69, 9.17) is 0 Å². The zero-order valence-corrected chi connectivity index (χ0v) is 13.4. The number of nitrogens with one attached hydrogen (secondary N) is 3. The van der Waals surface area contributed by atoms with Crippen molar-refractivity contribution < 1.29 is 9.59 Å². The second-order valence-corrected chi connectivity index (χ2v) is 6.76. The molecule has 24 heavy (non-hydrogen) atoms. The van der Waals surface area contributed by atoms with E-state index in [-0.39, 0.29) is 18.2 Å². The topological polar surface area (TPSA) is 86.9 Å². The van der Waals surface area contributed by atoms with Crippen molar-refractivity contribution in [3.8, 4) is 0 Å². The van der Waals surface area contributed by atoms with Crippen LogP contribution in [0.5, 0.6) is 0 Å². The Morgan fingerprint density at radius 2 is 2.12 bits per heavy atom. The van der Waals surface area contributed by atoms with Crippen LogP contribution < -0.4 is 10.6 Å². The summed E-state index contributed by atoms with van der Waals surface area (Å²) in [6.45, 7) is 0. The van der Waals surface area contributed by atoms with Gasteiger partial charge < -0.3 is 10.6 Å². The maximum Gasteiger partial charge on any atom is 0.238 e. The molecule has 2 amide bonds. The van der Waals surface area contributed by atoms with Gasteiger partial charge in [0, 0.05) is 22.4 Å². The first-order valence-corrected chi connectivity index (χ1v) is 8.36. The fourth-order valence-electron chi connectivity index (χ4n) is 2.63. The van der Waals surface area contributed by atoms with Crippen LogP contribution in [0.25, 0.3) is 10.9 Å². The van der Waals surface area contributed by atoms with E-state index in [0.29, 0.717) is 5.69 Å². The van der Waals surface area contributed by atoms with Crippen LogP contribution in [0.2, 0.25) is 0 Å². The van der Waals surface area contributed by atoms with Crippen molar-refractivity contribution in [1.82, 2.24) is 10.2 Å². The predicted octanol–water partition coefficient (Wildman–Crippen LogP) is 3.00. The van der Waals surface area contributed by atoms with Gasteiger partial charge in [0.05, 0.1) is 22.7 Å². The van der Waals surface area contributed by atoms with Gasteiger partial charge in [0.2, 0.25) is 11.8 Å². The number of rotatable bonds is 3. The number of aromatic amines is 1. The minimum Gasteiger partial charge on any atom is -0.326 e. The molecule has 3 aromatic rings. The average Bonchev–Trinajstić information content (AvgIpc) is 3.03. The van der Waals surface area contributed by atoms with Crippen molar-refractivity contribution in [2.75, 3.05) is 10.6 Å². The molecule has 0 saturated carbocycles. The Morgan fingerprint density at radius 3 is 3.04 bits per heavy atom. The summed E-state index contributed by atoms with van der Waals surface area (Å²) in [5, 5.41) is 13.0. The molecule has 0 aliphatic carbocycles. The van der Waals surface area contributed by atoms with Crippen LogP contribution in [0.15, 0.2) is 53.6 Å². The minimum absolute atomic E-state index is 0.119. The first kappa shape index (κ1) is 14.8. The summed E-state index contributed by atoms with van der Waals surface area (Å²) in [4.78, 5) is 25.4. The molecule has 3 N–H and O–H groups in total. The Bertz CT molecular complexity index is 937. The van der Waals surface area contributed by atoms with Crippen LogP contribution in [0.1, 0.15) is 6.42 Å². The molecule has 2 heterocycles. The van der Waals surface area contributed by atoms with Crippen molar-refractivity contribution in [1.29, 1.82) is 0 Å². The molecular formula is C17H14N4O2S. The molecule has 0 fully saturated rings. The molecule has 1 aromatic heterocycles. The van der Waals surface area contributed by atoms with E-state index < -0.39 is 5.25 Å². The standard InChI is InChI=1S/C17H14N4O2S/c22-16(19-11-5-6-12-10(7-11)9-18-21-12)8-15-17(23)20-13-3-1-2-4-14(13)24-15/h1-7,9,15H,8H2,(H,18,21)(H,19,22)(H,20,23)/t15-/m0/s1. The second-order valence-electron chi connectivity index (χ2n) is 5.52. The molecule has 4 rings (SSSR count). The van der Waals surface area contributed by atoms with E-state index in [1.807, 2.05) is 42.5 Å². The van der Waals surface area contributed by atoms with Gasteiger partial charge in [-0.2, -0.15) is 5.10 Å². The Morgan fingerprint density at radius 1 is 1.25 bits per heavy atom. The van der Waals surface area contributed by atoms with Gasteiger partial charge in [-0.25, -0.2) is 0 Å². The summed E-state index contributed by atoms with van der Waals surface area (Å²) in [6.07, 6.45) is 1.82. The van der Waals surface area contributed by atoms with Crippen LogP contribution in [0.3, 0.4) is 0 Å². The molecular weight excluding hydrogens is 324 g/mol. The Kier molecular flexibility index (Phi) is 3.70. The maximum absolute atomic E-state index is 12.3. The lowest BCUT2D eigenvalue weighted by Gasteiger charge is -2.23. The minimum atomic E-state index is -0.433. The second kappa shape index (κ2) is 6.01. The monoisotopic (exact) mass is 338 g/mol. The molecule has 1 aliphatic heterocycles. The van der Waals surface area contributed by atoms with Crippen LogP contribution >= 0.6 is 11.8 Å². The SMILES string of the molecule is O=C(C[C@@H]1Sc2ccccc2NC1=O)Nc1ccc2[nH]ncc2c1. The summed E-state index contributed by atoms with van der Waals surface area (Å²) in [5.74, 6) is -0.330. The number of anilines is 2. The number of carbonyl (C=O) groups excluding carboxylic acids is 2. The summed E-state index contributed by atoms with van der Waals surface area (Å²) < 4.78 is 0. The lowest BCUT2D eigenvalue weighted by atomic mass is 10.2. The Labute approximate surface area is 142 Å². The van der Waals surface area contributed by atoms with Crippen molar-refractivity contribution in [2.24, 2.45) is 0 Å². The lowest BCUT2D eigenvalue weighted by Crippen LogP contribution is -2.32. The smallest absolute Gasteiger partial charge is 0.238 e. The van der Waals surface area contributed by atoms with Crippen LogP contribution in [-0.4, -0.2) is 27.3 Å². The van der Waals surface area contributed by atoms with Gasteiger partial charge in [-0.3, -0.25) is 14.7 Å². The first-order valence-electron chi connectivity index (χ1n) is 7.48. The largest absolute Gasteiger partial charge is 0.326 e. The van der Waals surface area contributed by atoms with Gasteiger partial charge in [-0.15, -0.1) is 11.8 Å². The van der Waals surface area contributed by atoms with Crippen molar-refractivity contribution >= 4 is 45.9 Å². The molecule has 0 unspecified atom stereocenters. The molecule has 0 saturated heterocycles. The summed E-state index contributed by atoms with van der Waals surface area (Å²) in [7, 11) is 0. The summed E-state index contributed by atoms with van der Waals surface area (Å²) >= 11 is 1.42. The molecule has 6 nitrogen and oxygen atoms in total. The van der Waals surface area contributed by atoms with Crippen molar-refractivity contribution in [3.05, 3.63) is 48.7 Å². The lowest BCUT2D eigenvalue weighted by molar-refractivity contribution is -0.120. The molecule has 7 heteroatoms. The van der Waals surface area contributed by atoms with Crippen molar-refractivity contribution in [3.63, 3.8) is 0 Å². The highest BCUT2D eigenvalue weighted by atomic mass is 32.2. The van der Waals surface area contributed by atoms with E-state index in [1.54, 1.807) is 6.20 Å². The summed E-state index contributed by atoms with van der Waals surface area (Å²) in [5.41, 5.74) is 2.40. The molecule has 120 valence electrons. The maximum atomic E-state index is 12.3. The number of hydrogen-bond donors (Lipinski definition) is 3. The van der Waals surface area contributed by atoms with Gasteiger partial charge in [-0.05, 0) is 30.3 Å². The highest BCUT2D eigenvalue weighted by Crippen LogP contribution is 2.36. The third-order valence-corrected chi connectivity index (χ3v) is 5.08. The fourth-order valence-corrected chi connectivity index (χ4v) is 3.74. The van der Waals surface area contributed by atoms with Gasteiger partial charge in [0.25, 0.3) is 0 Å². The Hall–Kier alpha value is -2.80. The molecule has 1 atom stereocenters. The number of H-pyrrole nitrogens is 1. The number of fused-ring (bicyclic) bond motifs is 2. The number of nitrogens with zero attached hydrogens (tertiary/aromatic N) is 1. The zero-order valence-electron chi connectivity index (χ0n) is 12.6. The van der Waals surface area contributed by atoms with Gasteiger partial charge >= 0.3 is 0 Å². The van der Waals surface area contributed by atoms with Gasteiger partial charge in [-0.1, -0.05) is 12.1 Å². The van der Waals surface area contributed by atoms with Crippen LogP contribution in [-0.2, 0) is 9.59 Å². The van der Waals surface area contributed by atoms with E-state index in [1.165, 1.54) is 11.8 Å². The normalized spacial score (nSPS) is 16.5. The quantitative estimate of drug-likeness (QED) is 0.685.